The fourth-order valence-electron chi connectivity index (χ4n) is 2.65. The molecule has 0 aliphatic carbocycles. The molecule has 0 saturated carbocycles. The number of benzene rings is 1. The van der Waals surface area contributed by atoms with Gasteiger partial charge in [-0.3, -0.25) is 4.99 Å². The smallest absolute Gasteiger partial charge is 0.191 e. The lowest BCUT2D eigenvalue weighted by Crippen LogP contribution is -2.37. The Bertz CT molecular complexity index is 867. The zero-order valence-electron chi connectivity index (χ0n) is 14.4. The zero-order valence-corrected chi connectivity index (χ0v) is 15.2. The van der Waals surface area contributed by atoms with Crippen LogP contribution < -0.4 is 10.6 Å². The van der Waals surface area contributed by atoms with E-state index in [0.29, 0.717) is 13.1 Å². The average molecular weight is 359 g/mol. The Kier molecular flexibility index (Phi) is 5.65. The zero-order chi connectivity index (χ0) is 17.6. The summed E-state index contributed by atoms with van der Waals surface area (Å²) in [7, 11) is 1.75. The maximum absolute atomic E-state index is 13.4. The van der Waals surface area contributed by atoms with Crippen molar-refractivity contribution < 1.29 is 4.39 Å². The molecular formula is C18H22FN5S. The third-order valence-electron chi connectivity index (χ3n) is 4.00. The monoisotopic (exact) mass is 359 g/mol. The van der Waals surface area contributed by atoms with Gasteiger partial charge in [0.2, 0.25) is 0 Å². The molecule has 3 rings (SSSR count). The number of thiazole rings is 1. The van der Waals surface area contributed by atoms with Gasteiger partial charge in [-0.2, -0.15) is 0 Å². The maximum atomic E-state index is 13.4. The van der Waals surface area contributed by atoms with Gasteiger partial charge in [0, 0.05) is 41.8 Å². The van der Waals surface area contributed by atoms with Gasteiger partial charge in [-0.15, -0.1) is 11.3 Å². The Morgan fingerprint density at radius 2 is 2.24 bits per heavy atom. The van der Waals surface area contributed by atoms with Crippen LogP contribution in [0.15, 0.2) is 35.6 Å². The van der Waals surface area contributed by atoms with Gasteiger partial charge in [-0.1, -0.05) is 6.92 Å². The summed E-state index contributed by atoms with van der Waals surface area (Å²) in [5, 5.41) is 8.53. The van der Waals surface area contributed by atoms with Gasteiger partial charge in [0.15, 0.2) is 5.96 Å². The summed E-state index contributed by atoms with van der Waals surface area (Å²) < 4.78 is 13.4. The summed E-state index contributed by atoms with van der Waals surface area (Å²) in [5.41, 5.74) is 2.04. The summed E-state index contributed by atoms with van der Waals surface area (Å²) in [6, 6.07) is 4.80. The molecule has 1 aromatic carbocycles. The molecule has 132 valence electrons. The van der Waals surface area contributed by atoms with E-state index in [1.807, 2.05) is 12.4 Å². The van der Waals surface area contributed by atoms with Crippen LogP contribution in [0.1, 0.15) is 22.4 Å². The summed E-state index contributed by atoms with van der Waals surface area (Å²) in [4.78, 5) is 13.1. The van der Waals surface area contributed by atoms with Crippen molar-refractivity contribution in [3.8, 4) is 0 Å². The first-order valence-electron chi connectivity index (χ1n) is 8.33. The fourth-order valence-corrected chi connectivity index (χ4v) is 3.45. The number of aromatic amines is 1. The van der Waals surface area contributed by atoms with E-state index >= 15 is 0 Å². The Labute approximate surface area is 150 Å². The molecule has 0 aliphatic heterocycles. The third-order valence-corrected chi connectivity index (χ3v) is 5.14. The van der Waals surface area contributed by atoms with E-state index in [1.165, 1.54) is 10.9 Å². The van der Waals surface area contributed by atoms with Crippen molar-refractivity contribution in [1.82, 2.24) is 20.6 Å². The van der Waals surface area contributed by atoms with E-state index in [0.717, 1.165) is 40.3 Å². The van der Waals surface area contributed by atoms with Gasteiger partial charge in [0.25, 0.3) is 0 Å². The van der Waals surface area contributed by atoms with Crippen LogP contribution in [0.4, 0.5) is 4.39 Å². The minimum absolute atomic E-state index is 0.214. The van der Waals surface area contributed by atoms with Crippen LogP contribution >= 0.6 is 11.3 Å². The number of rotatable bonds is 6. The predicted molar refractivity (Wildman–Crippen MR) is 102 cm³/mol. The number of halogens is 1. The Morgan fingerprint density at radius 3 is 3.00 bits per heavy atom. The number of hydrogen-bond donors (Lipinski definition) is 3. The molecule has 0 aliphatic rings. The topological polar surface area (TPSA) is 65.1 Å². The van der Waals surface area contributed by atoms with Crippen molar-refractivity contribution in [2.24, 2.45) is 4.99 Å². The van der Waals surface area contributed by atoms with E-state index in [9.17, 15) is 4.39 Å². The van der Waals surface area contributed by atoms with Crippen LogP contribution in [-0.2, 0) is 19.4 Å². The normalized spacial score (nSPS) is 11.9. The van der Waals surface area contributed by atoms with Crippen LogP contribution in [-0.4, -0.2) is 29.5 Å². The first kappa shape index (κ1) is 17.4. The molecular weight excluding hydrogens is 337 g/mol. The van der Waals surface area contributed by atoms with Gasteiger partial charge in [-0.25, -0.2) is 9.37 Å². The van der Waals surface area contributed by atoms with Crippen molar-refractivity contribution in [1.29, 1.82) is 0 Å². The number of H-pyrrole nitrogens is 1. The van der Waals surface area contributed by atoms with Gasteiger partial charge < -0.3 is 15.6 Å². The number of aromatic nitrogens is 2. The molecule has 0 saturated heterocycles. The standard InChI is InChI=1S/C18H22FN5S/c1-3-14-10-23-17(25-14)11-24-18(20-2)21-7-6-12-9-22-16-5-4-13(19)8-15(12)16/h4-5,8-10,22H,3,6-7,11H2,1-2H3,(H2,20,21,24). The molecule has 2 heterocycles. The number of fused-ring (bicyclic) bond motifs is 1. The van der Waals surface area contributed by atoms with E-state index in [1.54, 1.807) is 30.5 Å². The van der Waals surface area contributed by atoms with E-state index < -0.39 is 0 Å². The second-order valence-electron chi connectivity index (χ2n) is 5.68. The molecule has 0 radical (unpaired) electrons. The van der Waals surface area contributed by atoms with Crippen LogP contribution in [0, 0.1) is 5.82 Å². The number of aryl methyl sites for hydroxylation is 1. The van der Waals surface area contributed by atoms with Gasteiger partial charge >= 0.3 is 0 Å². The lowest BCUT2D eigenvalue weighted by molar-refractivity contribution is 0.629. The van der Waals surface area contributed by atoms with Crippen molar-refractivity contribution in [2.45, 2.75) is 26.3 Å². The molecule has 0 atom stereocenters. The van der Waals surface area contributed by atoms with Crippen LogP contribution in [0.3, 0.4) is 0 Å². The van der Waals surface area contributed by atoms with Crippen LogP contribution in [0.25, 0.3) is 10.9 Å². The third kappa shape index (κ3) is 4.36. The molecule has 0 spiro atoms. The maximum Gasteiger partial charge on any atom is 0.191 e. The summed E-state index contributed by atoms with van der Waals surface area (Å²) in [6.45, 7) is 3.49. The number of guanidine groups is 1. The highest BCUT2D eigenvalue weighted by Crippen LogP contribution is 2.19. The van der Waals surface area contributed by atoms with E-state index in [4.69, 9.17) is 0 Å². The first-order valence-corrected chi connectivity index (χ1v) is 9.15. The predicted octanol–water partition coefficient (Wildman–Crippen LogP) is 3.23. The Morgan fingerprint density at radius 1 is 1.36 bits per heavy atom. The number of nitrogens with one attached hydrogen (secondary N) is 3. The SMILES string of the molecule is CCc1cnc(CNC(=NC)NCCc2c[nH]c3ccc(F)cc23)s1. The second-order valence-corrected chi connectivity index (χ2v) is 6.88. The van der Waals surface area contributed by atoms with Gasteiger partial charge in [-0.05, 0) is 36.6 Å². The molecule has 3 aromatic rings. The van der Waals surface area contributed by atoms with Crippen molar-refractivity contribution in [2.75, 3.05) is 13.6 Å². The molecule has 0 unspecified atom stereocenters. The largest absolute Gasteiger partial charge is 0.361 e. The molecule has 0 fully saturated rings. The van der Waals surface area contributed by atoms with E-state index in [-0.39, 0.29) is 5.82 Å². The first-order chi connectivity index (χ1) is 12.2. The molecule has 2 aromatic heterocycles. The molecule has 7 heteroatoms. The average Bonchev–Trinajstić information content (AvgIpc) is 3.24. The summed E-state index contributed by atoms with van der Waals surface area (Å²) >= 11 is 1.71. The van der Waals surface area contributed by atoms with Crippen molar-refractivity contribution in [3.63, 3.8) is 0 Å². The quantitative estimate of drug-likeness (QED) is 0.468. The highest BCUT2D eigenvalue weighted by atomic mass is 32.1. The number of nitrogens with zero attached hydrogens (tertiary/aromatic N) is 2. The minimum Gasteiger partial charge on any atom is -0.361 e. The second kappa shape index (κ2) is 8.11. The summed E-state index contributed by atoms with van der Waals surface area (Å²) in [6.07, 6.45) is 5.65. The van der Waals surface area contributed by atoms with Crippen LogP contribution in [0.2, 0.25) is 0 Å². The highest BCUT2D eigenvalue weighted by molar-refractivity contribution is 7.11. The Hall–Kier alpha value is -2.41. The van der Waals surface area contributed by atoms with Crippen molar-refractivity contribution in [3.05, 3.63) is 51.9 Å². The molecule has 0 bridgehead atoms. The van der Waals surface area contributed by atoms with Crippen LogP contribution in [0.5, 0.6) is 0 Å². The molecule has 5 nitrogen and oxygen atoms in total. The summed E-state index contributed by atoms with van der Waals surface area (Å²) in [5.74, 6) is 0.521. The van der Waals surface area contributed by atoms with Crippen molar-refractivity contribution >= 4 is 28.2 Å². The molecule has 0 amide bonds. The highest BCUT2D eigenvalue weighted by Gasteiger charge is 2.06. The fraction of sp³-hybridized carbons (Fsp3) is 0.333. The molecule has 3 N–H and O–H groups in total. The van der Waals surface area contributed by atoms with Gasteiger partial charge in [0.1, 0.15) is 10.8 Å². The van der Waals surface area contributed by atoms with Gasteiger partial charge in [0.05, 0.1) is 6.54 Å². The van der Waals surface area contributed by atoms with E-state index in [2.05, 4.69) is 32.5 Å². The minimum atomic E-state index is -0.214. The Balaban J connectivity index is 1.51. The lowest BCUT2D eigenvalue weighted by Gasteiger charge is -2.10. The number of hydrogen-bond acceptors (Lipinski definition) is 3. The lowest BCUT2D eigenvalue weighted by atomic mass is 10.1. The molecule has 25 heavy (non-hydrogen) atoms. The number of aliphatic imine (C=N–C) groups is 1.